The van der Waals surface area contributed by atoms with Crippen LogP contribution in [0, 0.1) is 5.92 Å². The molecule has 0 radical (unpaired) electrons. The highest BCUT2D eigenvalue weighted by atomic mass is 32.1. The molecule has 7 heteroatoms. The molecule has 3 aromatic heterocycles. The molecular formula is C17H16N2O3S2. The Morgan fingerprint density at radius 3 is 3.21 bits per heavy atom. The van der Waals surface area contributed by atoms with E-state index in [4.69, 9.17) is 9.15 Å². The molecule has 4 rings (SSSR count). The second-order valence-corrected chi connectivity index (χ2v) is 8.05. The van der Waals surface area contributed by atoms with Crippen LogP contribution in [0.3, 0.4) is 0 Å². The van der Waals surface area contributed by atoms with Gasteiger partial charge in [-0.05, 0) is 48.3 Å². The Kier molecular flexibility index (Phi) is 4.20. The number of aryl methyl sites for hydroxylation is 1. The molecule has 0 aliphatic heterocycles. The van der Waals surface area contributed by atoms with Crippen molar-refractivity contribution in [3.8, 4) is 10.8 Å². The SMILES string of the molecule is C[C@@H]1CCc2sc(C(=O)OCc3nnc(-c4cccs4)o3)cc2C1. The van der Waals surface area contributed by atoms with Crippen molar-refractivity contribution in [2.24, 2.45) is 5.92 Å². The van der Waals surface area contributed by atoms with Crippen LogP contribution in [0.5, 0.6) is 0 Å². The molecule has 24 heavy (non-hydrogen) atoms. The van der Waals surface area contributed by atoms with Gasteiger partial charge < -0.3 is 9.15 Å². The number of fused-ring (bicyclic) bond motifs is 1. The van der Waals surface area contributed by atoms with Gasteiger partial charge in [0, 0.05) is 4.88 Å². The third-order valence-electron chi connectivity index (χ3n) is 4.06. The molecule has 0 amide bonds. The van der Waals surface area contributed by atoms with Gasteiger partial charge in [-0.25, -0.2) is 4.79 Å². The normalized spacial score (nSPS) is 16.8. The van der Waals surface area contributed by atoms with Crippen molar-refractivity contribution in [3.05, 3.63) is 44.8 Å². The minimum atomic E-state index is -0.321. The molecule has 0 unspecified atom stereocenters. The first-order valence-corrected chi connectivity index (χ1v) is 9.53. The maximum Gasteiger partial charge on any atom is 0.348 e. The molecule has 0 N–H and O–H groups in total. The quantitative estimate of drug-likeness (QED) is 0.648. The summed E-state index contributed by atoms with van der Waals surface area (Å²) in [4.78, 5) is 15.1. The van der Waals surface area contributed by atoms with Crippen molar-refractivity contribution in [2.45, 2.75) is 32.8 Å². The lowest BCUT2D eigenvalue weighted by atomic mass is 9.90. The maximum absolute atomic E-state index is 12.3. The zero-order chi connectivity index (χ0) is 16.5. The van der Waals surface area contributed by atoms with Crippen molar-refractivity contribution >= 4 is 28.6 Å². The molecule has 1 aliphatic rings. The van der Waals surface area contributed by atoms with Gasteiger partial charge in [-0.15, -0.1) is 32.9 Å². The van der Waals surface area contributed by atoms with Gasteiger partial charge in [0.05, 0.1) is 4.88 Å². The van der Waals surface area contributed by atoms with Crippen molar-refractivity contribution < 1.29 is 13.9 Å². The number of carbonyl (C=O) groups excluding carboxylic acids is 1. The third-order valence-corrected chi connectivity index (χ3v) is 6.13. The van der Waals surface area contributed by atoms with Crippen molar-refractivity contribution in [1.29, 1.82) is 0 Å². The predicted molar refractivity (Wildman–Crippen MR) is 92.2 cm³/mol. The molecule has 0 fully saturated rings. The van der Waals surface area contributed by atoms with E-state index < -0.39 is 0 Å². The topological polar surface area (TPSA) is 65.2 Å². The highest BCUT2D eigenvalue weighted by Crippen LogP contribution is 2.32. The Labute approximate surface area is 147 Å². The number of carbonyl (C=O) groups is 1. The van der Waals surface area contributed by atoms with E-state index in [0.717, 1.165) is 17.7 Å². The van der Waals surface area contributed by atoms with Crippen LogP contribution in [0.2, 0.25) is 0 Å². The van der Waals surface area contributed by atoms with E-state index in [-0.39, 0.29) is 12.6 Å². The standard InChI is InChI=1S/C17H16N2O3S2/c1-10-4-5-12-11(7-10)8-14(24-12)17(20)21-9-15-18-19-16(22-15)13-3-2-6-23-13/h2-3,6,8,10H,4-5,7,9H2,1H3/t10-/m1/s1. The lowest BCUT2D eigenvalue weighted by Gasteiger charge is -2.16. The number of ether oxygens (including phenoxy) is 1. The lowest BCUT2D eigenvalue weighted by molar-refractivity contribution is 0.0444. The molecule has 0 spiro atoms. The zero-order valence-electron chi connectivity index (χ0n) is 13.2. The predicted octanol–water partition coefficient (Wildman–Crippen LogP) is 4.34. The Morgan fingerprint density at radius 2 is 2.38 bits per heavy atom. The van der Waals surface area contributed by atoms with Crippen LogP contribution < -0.4 is 0 Å². The first kappa shape index (κ1) is 15.5. The van der Waals surface area contributed by atoms with Crippen LogP contribution in [0.1, 0.15) is 39.3 Å². The minimum Gasteiger partial charge on any atom is -0.451 e. The molecule has 0 aromatic carbocycles. The minimum absolute atomic E-state index is 0.00379. The van der Waals surface area contributed by atoms with E-state index in [1.807, 2.05) is 23.6 Å². The van der Waals surface area contributed by atoms with Gasteiger partial charge in [-0.3, -0.25) is 0 Å². The number of rotatable bonds is 4. The summed E-state index contributed by atoms with van der Waals surface area (Å²) in [5.41, 5.74) is 1.29. The average molecular weight is 360 g/mol. The lowest BCUT2D eigenvalue weighted by Crippen LogP contribution is -2.08. The second-order valence-electron chi connectivity index (χ2n) is 5.96. The highest BCUT2D eigenvalue weighted by Gasteiger charge is 2.21. The molecule has 0 bridgehead atoms. The monoisotopic (exact) mass is 360 g/mol. The first-order chi connectivity index (χ1) is 11.7. The van der Waals surface area contributed by atoms with Crippen molar-refractivity contribution in [3.63, 3.8) is 0 Å². The van der Waals surface area contributed by atoms with Crippen molar-refractivity contribution in [2.75, 3.05) is 0 Å². The molecule has 1 aliphatic carbocycles. The third kappa shape index (κ3) is 3.14. The zero-order valence-corrected chi connectivity index (χ0v) is 14.8. The largest absolute Gasteiger partial charge is 0.451 e. The number of esters is 1. The number of hydrogen-bond acceptors (Lipinski definition) is 7. The summed E-state index contributed by atoms with van der Waals surface area (Å²) in [5, 5.41) is 9.85. The summed E-state index contributed by atoms with van der Waals surface area (Å²) < 4.78 is 10.9. The Bertz CT molecular complexity index is 851. The van der Waals surface area contributed by atoms with E-state index in [9.17, 15) is 4.79 Å². The number of aromatic nitrogens is 2. The first-order valence-electron chi connectivity index (χ1n) is 7.84. The second kappa shape index (κ2) is 6.49. The molecule has 0 saturated heterocycles. The van der Waals surface area contributed by atoms with Crippen LogP contribution in [-0.4, -0.2) is 16.2 Å². The summed E-state index contributed by atoms with van der Waals surface area (Å²) >= 11 is 3.07. The van der Waals surface area contributed by atoms with E-state index in [0.29, 0.717) is 22.6 Å². The van der Waals surface area contributed by atoms with Gasteiger partial charge in [0.1, 0.15) is 4.88 Å². The van der Waals surface area contributed by atoms with E-state index in [1.54, 1.807) is 11.3 Å². The summed E-state index contributed by atoms with van der Waals surface area (Å²) in [6.07, 6.45) is 3.30. The average Bonchev–Trinajstić information content (AvgIpc) is 3.30. The molecule has 124 valence electrons. The molecule has 3 aromatic rings. The summed E-state index contributed by atoms with van der Waals surface area (Å²) in [5.74, 6) is 1.13. The molecule has 0 saturated carbocycles. The van der Waals surface area contributed by atoms with Gasteiger partial charge in [0.2, 0.25) is 0 Å². The Balaban J connectivity index is 1.40. The van der Waals surface area contributed by atoms with Gasteiger partial charge >= 0.3 is 5.97 Å². The van der Waals surface area contributed by atoms with E-state index in [1.165, 1.54) is 28.2 Å². The van der Waals surface area contributed by atoms with Crippen LogP contribution in [0.4, 0.5) is 0 Å². The van der Waals surface area contributed by atoms with Gasteiger partial charge in [-0.2, -0.15) is 0 Å². The van der Waals surface area contributed by atoms with Gasteiger partial charge in [0.25, 0.3) is 11.8 Å². The number of nitrogens with zero attached hydrogens (tertiary/aromatic N) is 2. The fourth-order valence-corrected chi connectivity index (χ4v) is 4.56. The summed E-state index contributed by atoms with van der Waals surface area (Å²) in [6.45, 7) is 2.25. The Hall–Kier alpha value is -1.99. The number of thiophene rings is 2. The van der Waals surface area contributed by atoms with Crippen LogP contribution in [-0.2, 0) is 24.2 Å². The summed E-state index contributed by atoms with van der Waals surface area (Å²) in [6, 6.07) is 5.80. The van der Waals surface area contributed by atoms with E-state index in [2.05, 4.69) is 17.1 Å². The fourth-order valence-electron chi connectivity index (χ4n) is 2.82. The molecule has 5 nitrogen and oxygen atoms in total. The van der Waals surface area contributed by atoms with Gasteiger partial charge in [0.15, 0.2) is 6.61 Å². The summed E-state index contributed by atoms with van der Waals surface area (Å²) in [7, 11) is 0. The van der Waals surface area contributed by atoms with Crippen LogP contribution >= 0.6 is 22.7 Å². The van der Waals surface area contributed by atoms with E-state index >= 15 is 0 Å². The van der Waals surface area contributed by atoms with Crippen LogP contribution in [0.15, 0.2) is 28.0 Å². The molecular weight excluding hydrogens is 344 g/mol. The van der Waals surface area contributed by atoms with Gasteiger partial charge in [-0.1, -0.05) is 13.0 Å². The smallest absolute Gasteiger partial charge is 0.348 e. The molecule has 3 heterocycles. The Morgan fingerprint density at radius 1 is 1.46 bits per heavy atom. The van der Waals surface area contributed by atoms with Crippen molar-refractivity contribution in [1.82, 2.24) is 10.2 Å². The fraction of sp³-hybridized carbons (Fsp3) is 0.353. The number of hydrogen-bond donors (Lipinski definition) is 0. The highest BCUT2D eigenvalue weighted by molar-refractivity contribution is 7.14. The van der Waals surface area contributed by atoms with Crippen LogP contribution in [0.25, 0.3) is 10.8 Å². The molecule has 1 atom stereocenters. The maximum atomic E-state index is 12.3.